The van der Waals surface area contributed by atoms with Gasteiger partial charge in [-0.2, -0.15) is 0 Å². The van der Waals surface area contributed by atoms with Gasteiger partial charge in [-0.05, 0) is 98.2 Å². The first-order valence-corrected chi connectivity index (χ1v) is 25.1. The topological polar surface area (TPSA) is 227 Å². The first kappa shape index (κ1) is 57.9. The second-order valence-electron chi connectivity index (χ2n) is 18.0. The third-order valence-corrected chi connectivity index (χ3v) is 13.5. The van der Waals surface area contributed by atoms with Gasteiger partial charge in [-0.15, -0.1) is 0 Å². The van der Waals surface area contributed by atoms with Crippen molar-refractivity contribution in [3.8, 4) is 0 Å². The quantitative estimate of drug-likeness (QED) is 0.0406. The molecule has 1 aliphatic carbocycles. The van der Waals surface area contributed by atoms with E-state index in [0.717, 1.165) is 44.4 Å². The molecular formula is C56H72N4O15. The lowest BCUT2D eigenvalue weighted by atomic mass is 9.64. The molecular weight excluding hydrogens is 969 g/mol. The Bertz CT molecular complexity index is 2790. The first-order chi connectivity index (χ1) is 36.3. The van der Waals surface area contributed by atoms with Gasteiger partial charge in [-0.3, -0.25) is 19.4 Å². The molecule has 0 amide bonds. The normalized spacial score (nSPS) is 16.0. The van der Waals surface area contributed by atoms with Gasteiger partial charge in [0.2, 0.25) is 0 Å². The summed E-state index contributed by atoms with van der Waals surface area (Å²) in [4.78, 5) is 70.5. The molecule has 0 unspecified atom stereocenters. The van der Waals surface area contributed by atoms with Gasteiger partial charge in [-0.1, -0.05) is 24.8 Å². The first-order valence-electron chi connectivity index (χ1n) is 25.1. The second-order valence-corrected chi connectivity index (χ2v) is 18.0. The zero-order valence-corrected chi connectivity index (χ0v) is 44.6. The predicted octanol–water partition coefficient (Wildman–Crippen LogP) is 6.62. The van der Waals surface area contributed by atoms with Crippen LogP contribution >= 0.6 is 0 Å². The maximum absolute atomic E-state index is 13.9. The second kappa shape index (κ2) is 28.5. The van der Waals surface area contributed by atoms with Gasteiger partial charge in [0.1, 0.15) is 12.5 Å². The molecule has 8 bridgehead atoms. The lowest BCUT2D eigenvalue weighted by Crippen LogP contribution is -2.42. The van der Waals surface area contributed by atoms with Gasteiger partial charge < -0.3 is 62.1 Å². The number of H-pyrrole nitrogens is 2. The third kappa shape index (κ3) is 14.5. The zero-order valence-electron chi connectivity index (χ0n) is 44.6. The van der Waals surface area contributed by atoms with Gasteiger partial charge in [-0.25, -0.2) is 9.78 Å². The van der Waals surface area contributed by atoms with Crippen molar-refractivity contribution in [2.75, 3.05) is 121 Å². The van der Waals surface area contributed by atoms with Crippen molar-refractivity contribution in [3.63, 3.8) is 0 Å². The van der Waals surface area contributed by atoms with E-state index in [1.54, 1.807) is 25.3 Å². The summed E-state index contributed by atoms with van der Waals surface area (Å²) in [5, 5.41) is 0. The van der Waals surface area contributed by atoms with Crippen LogP contribution < -0.4 is 0 Å². The molecule has 0 saturated carbocycles. The number of hydrogen-bond donors (Lipinski definition) is 2. The highest BCUT2D eigenvalue weighted by Crippen LogP contribution is 2.52. The average molecular weight is 1040 g/mol. The molecule has 5 heterocycles. The van der Waals surface area contributed by atoms with E-state index in [1.165, 1.54) is 21.3 Å². The maximum atomic E-state index is 13.9. The van der Waals surface area contributed by atoms with Crippen LogP contribution in [-0.2, 0) is 89.5 Å². The number of carbonyl (C=O) groups excluding carboxylic acids is 4. The smallest absolute Gasteiger partial charge is 0.334 e. The number of rotatable bonds is 30. The van der Waals surface area contributed by atoms with Crippen molar-refractivity contribution < 1.29 is 71.3 Å². The molecule has 0 aromatic carbocycles. The predicted molar refractivity (Wildman–Crippen MR) is 281 cm³/mol. The molecule has 6 rings (SSSR count). The highest BCUT2D eigenvalue weighted by Gasteiger charge is 2.53. The van der Waals surface area contributed by atoms with Crippen LogP contribution in [0.4, 0.5) is 0 Å². The highest BCUT2D eigenvalue weighted by molar-refractivity contribution is 6.02. The molecule has 3 aromatic rings. The van der Waals surface area contributed by atoms with Crippen LogP contribution in [0, 0.1) is 19.8 Å². The van der Waals surface area contributed by atoms with E-state index in [1.807, 2.05) is 52.0 Å². The van der Waals surface area contributed by atoms with Crippen LogP contribution in [0.3, 0.4) is 0 Å². The fraction of sp³-hybridized carbons (Fsp3) is 0.500. The number of fused-ring (bicyclic) bond motifs is 11. The summed E-state index contributed by atoms with van der Waals surface area (Å²) in [6.07, 6.45) is 6.03. The molecule has 0 spiro atoms. The Kier molecular flexibility index (Phi) is 22.1. The monoisotopic (exact) mass is 1040 g/mol. The number of nitrogens with zero attached hydrogens (tertiary/aromatic N) is 2. The minimum absolute atomic E-state index is 0.0803. The van der Waals surface area contributed by atoms with Crippen molar-refractivity contribution in [2.24, 2.45) is 5.92 Å². The molecule has 3 aliphatic rings. The summed E-state index contributed by atoms with van der Waals surface area (Å²) in [5.41, 5.74) is 9.98. The Balaban J connectivity index is 1.18. The molecule has 406 valence electrons. The van der Waals surface area contributed by atoms with Gasteiger partial charge >= 0.3 is 23.9 Å². The molecule has 75 heavy (non-hydrogen) atoms. The molecule has 0 saturated heterocycles. The number of aryl methyl sites for hydroxylation is 4. The van der Waals surface area contributed by atoms with E-state index in [9.17, 15) is 19.2 Å². The van der Waals surface area contributed by atoms with Crippen LogP contribution in [0.2, 0.25) is 0 Å². The van der Waals surface area contributed by atoms with Crippen LogP contribution in [0.25, 0.3) is 38.8 Å². The van der Waals surface area contributed by atoms with Crippen molar-refractivity contribution in [1.82, 2.24) is 19.9 Å². The molecule has 2 aliphatic heterocycles. The van der Waals surface area contributed by atoms with Gasteiger partial charge in [0.25, 0.3) is 0 Å². The molecule has 0 fully saturated rings. The summed E-state index contributed by atoms with van der Waals surface area (Å²) in [6, 6.07) is 7.70. The van der Waals surface area contributed by atoms with Gasteiger partial charge in [0.05, 0.1) is 141 Å². The Morgan fingerprint density at radius 3 is 1.61 bits per heavy atom. The number of carbonyl (C=O) groups is 4. The van der Waals surface area contributed by atoms with Crippen LogP contribution in [0.15, 0.2) is 54.6 Å². The third-order valence-electron chi connectivity index (χ3n) is 13.5. The number of ether oxygens (including phenoxy) is 11. The minimum Gasteiger partial charge on any atom is -0.469 e. The van der Waals surface area contributed by atoms with E-state index in [4.69, 9.17) is 62.1 Å². The van der Waals surface area contributed by atoms with Crippen LogP contribution in [-0.4, -0.2) is 165 Å². The van der Waals surface area contributed by atoms with Gasteiger partial charge in [0, 0.05) is 47.6 Å². The molecule has 0 radical (unpaired) electrons. The fourth-order valence-corrected chi connectivity index (χ4v) is 9.31. The Morgan fingerprint density at radius 2 is 1.11 bits per heavy atom. The summed E-state index contributed by atoms with van der Waals surface area (Å²) in [5.74, 6) is -3.17. The Labute approximate surface area is 437 Å². The molecule has 19 heteroatoms. The largest absolute Gasteiger partial charge is 0.469 e. The number of allylic oxidation sites excluding steroid dienone is 6. The number of methoxy groups -OCH3 is 4. The Morgan fingerprint density at radius 1 is 0.587 bits per heavy atom. The highest BCUT2D eigenvalue weighted by atomic mass is 16.6. The van der Waals surface area contributed by atoms with E-state index in [0.29, 0.717) is 132 Å². The molecule has 19 nitrogen and oxygen atoms in total. The lowest BCUT2D eigenvalue weighted by molar-refractivity contribution is -0.149. The van der Waals surface area contributed by atoms with E-state index >= 15 is 0 Å². The average Bonchev–Trinajstić information content (AvgIpc) is 4.07. The fourth-order valence-electron chi connectivity index (χ4n) is 9.31. The molecule has 2 atom stereocenters. The number of aromatic amines is 2. The van der Waals surface area contributed by atoms with Crippen LogP contribution in [0.1, 0.15) is 71.7 Å². The SMILES string of the molecule is C=CC1=C(C)c2cc3nc(cc4[nH]c(cc5[nH]c(cc1n2)c(C)c5CCC(=O)OCCOCCOCCOCCOCCOCCOCCOC)c(CCC(=O)OC)c4C)[C@@]1(C)C3=CC=C(C(=O)OC)[C@H]1C(=O)OC. The molecule has 2 N–H and O–H groups in total. The van der Waals surface area contributed by atoms with Crippen molar-refractivity contribution >= 4 is 62.7 Å². The standard InChI is InChI=1S/C56H72N4O15/c1-10-38-35(2)44-32-49-42-14-11-41(54(63)67-8)53(55(64)68-9)56(42,5)50(60-49)34-45-37(4)39(12-15-51(61)66-7)48(59-45)33-47-40(36(3)43(58-47)31-46(38)57-44)13-16-52(62)75-30-29-74-28-27-73-26-25-72-24-23-71-22-21-70-20-19-69-18-17-65-6/h10-11,14,31-34,53,58-59H,1,12-13,15-30H2,2-9H3/t53-,56+/m0/s1. The van der Waals surface area contributed by atoms with E-state index in [-0.39, 0.29) is 43.6 Å². The maximum Gasteiger partial charge on any atom is 0.334 e. The van der Waals surface area contributed by atoms with E-state index < -0.39 is 23.3 Å². The number of aromatic nitrogens is 4. The summed E-state index contributed by atoms with van der Waals surface area (Å²) < 4.78 is 59.1. The Hall–Kier alpha value is -6.32. The zero-order chi connectivity index (χ0) is 53.9. The number of esters is 4. The summed E-state index contributed by atoms with van der Waals surface area (Å²) >= 11 is 0. The number of nitrogens with one attached hydrogen (secondary N) is 2. The van der Waals surface area contributed by atoms with Crippen LogP contribution in [0.5, 0.6) is 0 Å². The summed E-state index contributed by atoms with van der Waals surface area (Å²) in [7, 11) is 5.54. The van der Waals surface area contributed by atoms with E-state index in [2.05, 4.69) is 16.5 Å². The van der Waals surface area contributed by atoms with Crippen molar-refractivity contribution in [3.05, 3.63) is 99.7 Å². The lowest BCUT2D eigenvalue weighted by Gasteiger charge is -2.36. The molecule has 3 aromatic heterocycles. The minimum atomic E-state index is -1.20. The number of hydrogen-bond acceptors (Lipinski definition) is 17. The van der Waals surface area contributed by atoms with Crippen molar-refractivity contribution in [2.45, 2.75) is 58.8 Å². The van der Waals surface area contributed by atoms with Gasteiger partial charge in [0.15, 0.2) is 0 Å². The van der Waals surface area contributed by atoms with Crippen molar-refractivity contribution in [1.29, 1.82) is 0 Å². The summed E-state index contributed by atoms with van der Waals surface area (Å²) in [6.45, 7) is 17.7.